The summed E-state index contributed by atoms with van der Waals surface area (Å²) in [4.78, 5) is 15.4. The Morgan fingerprint density at radius 1 is 0.815 bits per heavy atom. The largest absolute Gasteiger partial charge is 0.484 e. The molecule has 27 heavy (non-hydrogen) atoms. The molecule has 0 N–H and O–H groups in total. The van der Waals surface area contributed by atoms with Gasteiger partial charge in [-0.15, -0.1) is 0 Å². The van der Waals surface area contributed by atoms with Crippen molar-refractivity contribution in [1.29, 1.82) is 0 Å². The maximum atomic E-state index is 13.2. The molecule has 0 aliphatic heterocycles. The lowest BCUT2D eigenvalue weighted by Crippen LogP contribution is -2.50. The van der Waals surface area contributed by atoms with Crippen molar-refractivity contribution in [1.82, 2.24) is 4.90 Å². The number of benzene rings is 2. The lowest BCUT2D eigenvalue weighted by atomic mass is 9.88. The molecule has 2 fully saturated rings. The lowest BCUT2D eigenvalue weighted by Gasteiger charge is -2.41. The zero-order valence-electron chi connectivity index (χ0n) is 16.2. The van der Waals surface area contributed by atoms with Gasteiger partial charge in [0, 0.05) is 12.1 Å². The Bertz CT molecular complexity index is 742. The van der Waals surface area contributed by atoms with Crippen LogP contribution in [0.5, 0.6) is 5.75 Å². The third-order valence-electron chi connectivity index (χ3n) is 6.31. The van der Waals surface area contributed by atoms with Gasteiger partial charge in [-0.3, -0.25) is 4.79 Å². The van der Waals surface area contributed by atoms with E-state index in [0.717, 1.165) is 36.8 Å². The van der Waals surface area contributed by atoms with Crippen LogP contribution in [0.15, 0.2) is 42.5 Å². The molecular weight excluding hydrogens is 334 g/mol. The van der Waals surface area contributed by atoms with Gasteiger partial charge in [0.15, 0.2) is 6.61 Å². The second kappa shape index (κ2) is 8.77. The van der Waals surface area contributed by atoms with E-state index in [9.17, 15) is 4.79 Å². The minimum Gasteiger partial charge on any atom is -0.484 e. The van der Waals surface area contributed by atoms with Gasteiger partial charge in [0.2, 0.25) is 0 Å². The number of nitrogens with zero attached hydrogens (tertiary/aromatic N) is 1. The highest BCUT2D eigenvalue weighted by atomic mass is 16.5. The molecule has 144 valence electrons. The van der Waals surface area contributed by atoms with Crippen molar-refractivity contribution in [3.63, 3.8) is 0 Å². The molecule has 1 amide bonds. The van der Waals surface area contributed by atoms with E-state index in [-0.39, 0.29) is 12.5 Å². The van der Waals surface area contributed by atoms with Gasteiger partial charge in [0.25, 0.3) is 5.91 Å². The Kier molecular flexibility index (Phi) is 5.96. The fourth-order valence-electron chi connectivity index (χ4n) is 4.90. The van der Waals surface area contributed by atoms with Crippen molar-refractivity contribution in [3.8, 4) is 5.75 Å². The van der Waals surface area contributed by atoms with Gasteiger partial charge in [-0.1, -0.05) is 68.9 Å². The predicted octanol–water partition coefficient (Wildman–Crippen LogP) is 5.71. The first kappa shape index (κ1) is 18.3. The number of rotatable bonds is 5. The van der Waals surface area contributed by atoms with E-state index in [1.165, 1.54) is 43.9 Å². The summed E-state index contributed by atoms with van der Waals surface area (Å²) in [6.45, 7) is 0.158. The van der Waals surface area contributed by atoms with Gasteiger partial charge < -0.3 is 9.64 Å². The maximum absolute atomic E-state index is 13.2. The highest BCUT2D eigenvalue weighted by Crippen LogP contribution is 2.30. The molecule has 0 saturated heterocycles. The van der Waals surface area contributed by atoms with Gasteiger partial charge in [0.1, 0.15) is 5.75 Å². The Morgan fingerprint density at radius 2 is 1.41 bits per heavy atom. The van der Waals surface area contributed by atoms with Crippen molar-refractivity contribution < 1.29 is 9.53 Å². The van der Waals surface area contributed by atoms with Crippen molar-refractivity contribution in [2.75, 3.05) is 6.61 Å². The van der Waals surface area contributed by atoms with Crippen LogP contribution in [0.2, 0.25) is 0 Å². The third kappa shape index (κ3) is 4.45. The van der Waals surface area contributed by atoms with Crippen molar-refractivity contribution in [2.24, 2.45) is 0 Å². The molecule has 2 aromatic rings. The molecule has 0 atom stereocenters. The highest BCUT2D eigenvalue weighted by Gasteiger charge is 2.32. The van der Waals surface area contributed by atoms with Crippen LogP contribution in [0, 0.1) is 0 Å². The molecule has 3 nitrogen and oxygen atoms in total. The van der Waals surface area contributed by atoms with E-state index in [1.807, 2.05) is 24.3 Å². The van der Waals surface area contributed by atoms with Crippen molar-refractivity contribution >= 4 is 16.7 Å². The van der Waals surface area contributed by atoms with Crippen LogP contribution in [0.25, 0.3) is 10.8 Å². The molecule has 0 aromatic heterocycles. The van der Waals surface area contributed by atoms with Crippen molar-refractivity contribution in [2.45, 2.75) is 76.3 Å². The zero-order chi connectivity index (χ0) is 18.5. The number of fused-ring (bicyclic) bond motifs is 1. The van der Waals surface area contributed by atoms with E-state index in [4.69, 9.17) is 4.74 Å². The average molecular weight is 366 g/mol. The van der Waals surface area contributed by atoms with Gasteiger partial charge in [-0.2, -0.15) is 0 Å². The Morgan fingerprint density at radius 3 is 2.04 bits per heavy atom. The monoisotopic (exact) mass is 365 g/mol. The predicted molar refractivity (Wildman–Crippen MR) is 110 cm³/mol. The van der Waals surface area contributed by atoms with Crippen LogP contribution in [-0.4, -0.2) is 29.5 Å². The first-order valence-corrected chi connectivity index (χ1v) is 10.7. The van der Waals surface area contributed by atoms with Crippen LogP contribution in [0.3, 0.4) is 0 Å². The summed E-state index contributed by atoms with van der Waals surface area (Å²) in [7, 11) is 0. The molecule has 0 heterocycles. The molecule has 2 aromatic carbocycles. The van der Waals surface area contributed by atoms with Gasteiger partial charge >= 0.3 is 0 Å². The van der Waals surface area contributed by atoms with E-state index in [1.54, 1.807) is 0 Å². The van der Waals surface area contributed by atoms with Gasteiger partial charge in [-0.25, -0.2) is 0 Å². The van der Waals surface area contributed by atoms with Gasteiger partial charge in [0.05, 0.1) is 0 Å². The molecule has 2 aliphatic rings. The third-order valence-corrected chi connectivity index (χ3v) is 6.31. The number of ether oxygens (including phenoxy) is 1. The molecule has 2 aliphatic carbocycles. The van der Waals surface area contributed by atoms with E-state index in [2.05, 4.69) is 23.1 Å². The van der Waals surface area contributed by atoms with Crippen molar-refractivity contribution in [3.05, 3.63) is 42.5 Å². The van der Waals surface area contributed by atoms with Crippen LogP contribution in [-0.2, 0) is 4.79 Å². The second-order valence-electron chi connectivity index (χ2n) is 8.18. The van der Waals surface area contributed by atoms with E-state index in [0.29, 0.717) is 12.1 Å². The molecule has 0 bridgehead atoms. The first-order chi connectivity index (χ1) is 13.3. The Hall–Kier alpha value is -2.03. The summed E-state index contributed by atoms with van der Waals surface area (Å²) in [6.07, 6.45) is 12.3. The highest BCUT2D eigenvalue weighted by molar-refractivity contribution is 5.84. The van der Waals surface area contributed by atoms with E-state index < -0.39 is 0 Å². The Labute approximate surface area is 162 Å². The molecule has 0 unspecified atom stereocenters. The number of carbonyl (C=O) groups is 1. The Balaban J connectivity index is 1.44. The second-order valence-corrected chi connectivity index (χ2v) is 8.18. The summed E-state index contributed by atoms with van der Waals surface area (Å²) in [5, 5.41) is 2.35. The smallest absolute Gasteiger partial charge is 0.261 e. The number of amides is 1. The van der Waals surface area contributed by atoms with Crippen LogP contribution in [0.1, 0.15) is 64.2 Å². The van der Waals surface area contributed by atoms with Crippen LogP contribution < -0.4 is 4.74 Å². The first-order valence-electron chi connectivity index (χ1n) is 10.7. The summed E-state index contributed by atoms with van der Waals surface area (Å²) in [6, 6.07) is 15.2. The van der Waals surface area contributed by atoms with E-state index >= 15 is 0 Å². The summed E-state index contributed by atoms with van der Waals surface area (Å²) in [5.41, 5.74) is 0. The SMILES string of the molecule is O=C(COc1ccc2ccccc2c1)N(C1CCCCC1)C1CCCCC1. The number of carbonyl (C=O) groups excluding carboxylic acids is 1. The van der Waals surface area contributed by atoms with Crippen LogP contribution in [0.4, 0.5) is 0 Å². The molecule has 4 rings (SSSR count). The average Bonchev–Trinajstić information content (AvgIpc) is 2.74. The summed E-state index contributed by atoms with van der Waals surface area (Å²) < 4.78 is 5.95. The number of hydrogen-bond donors (Lipinski definition) is 0. The summed E-state index contributed by atoms with van der Waals surface area (Å²) in [5.74, 6) is 0.969. The minimum absolute atomic E-state index is 0.158. The number of hydrogen-bond acceptors (Lipinski definition) is 2. The molecule has 2 saturated carbocycles. The summed E-state index contributed by atoms with van der Waals surface area (Å²) >= 11 is 0. The molecule has 0 spiro atoms. The molecular formula is C24H31NO2. The lowest BCUT2D eigenvalue weighted by molar-refractivity contribution is -0.140. The fourth-order valence-corrected chi connectivity index (χ4v) is 4.90. The standard InChI is InChI=1S/C24H31NO2/c26-24(18-27-23-16-15-19-9-7-8-10-20(19)17-23)25(21-11-3-1-4-12-21)22-13-5-2-6-14-22/h7-10,15-17,21-22H,1-6,11-14,18H2. The normalized spacial score (nSPS) is 19.1. The fraction of sp³-hybridized carbons (Fsp3) is 0.542. The topological polar surface area (TPSA) is 29.5 Å². The quantitative estimate of drug-likeness (QED) is 0.679. The molecule has 0 radical (unpaired) electrons. The minimum atomic E-state index is 0.158. The molecule has 3 heteroatoms. The maximum Gasteiger partial charge on any atom is 0.261 e. The van der Waals surface area contributed by atoms with Gasteiger partial charge in [-0.05, 0) is 48.6 Å². The zero-order valence-corrected chi connectivity index (χ0v) is 16.2. The van der Waals surface area contributed by atoms with Crippen LogP contribution >= 0.6 is 0 Å².